The standard InChI is InChI=1S/C15H21ClFNO/c1-2-18-10-15(6-3-7-19-11-15)9-12-4-5-14(17)13(16)8-12/h4-5,8,18H,2-3,6-7,9-11H2,1H3. The molecule has 0 amide bonds. The number of halogens is 2. The van der Waals surface area contributed by atoms with E-state index in [0.717, 1.165) is 51.1 Å². The highest BCUT2D eigenvalue weighted by atomic mass is 35.5. The molecule has 0 radical (unpaired) electrons. The predicted molar refractivity (Wildman–Crippen MR) is 76.1 cm³/mol. The van der Waals surface area contributed by atoms with Gasteiger partial charge in [0, 0.05) is 18.6 Å². The Hall–Kier alpha value is -0.640. The highest BCUT2D eigenvalue weighted by Gasteiger charge is 2.32. The van der Waals surface area contributed by atoms with E-state index in [-0.39, 0.29) is 16.3 Å². The van der Waals surface area contributed by atoms with Crippen molar-refractivity contribution in [2.45, 2.75) is 26.2 Å². The SMILES string of the molecule is CCNCC1(Cc2ccc(F)c(Cl)c2)CCCOC1. The first kappa shape index (κ1) is 14.8. The molecule has 0 bridgehead atoms. The molecule has 1 atom stereocenters. The Kier molecular flexibility index (Phi) is 5.20. The maximum Gasteiger partial charge on any atom is 0.141 e. The molecular formula is C15H21ClFNO. The van der Waals surface area contributed by atoms with Gasteiger partial charge in [-0.3, -0.25) is 0 Å². The van der Waals surface area contributed by atoms with Gasteiger partial charge < -0.3 is 10.1 Å². The van der Waals surface area contributed by atoms with Gasteiger partial charge in [0.1, 0.15) is 5.82 Å². The number of ether oxygens (including phenoxy) is 1. The molecule has 1 heterocycles. The summed E-state index contributed by atoms with van der Waals surface area (Å²) in [6.07, 6.45) is 3.09. The topological polar surface area (TPSA) is 21.3 Å². The summed E-state index contributed by atoms with van der Waals surface area (Å²) < 4.78 is 18.9. The first-order chi connectivity index (χ1) is 9.15. The van der Waals surface area contributed by atoms with Gasteiger partial charge in [0.05, 0.1) is 11.6 Å². The van der Waals surface area contributed by atoms with Crippen molar-refractivity contribution in [3.63, 3.8) is 0 Å². The molecule has 1 fully saturated rings. The van der Waals surface area contributed by atoms with Crippen LogP contribution in [-0.4, -0.2) is 26.3 Å². The van der Waals surface area contributed by atoms with Crippen molar-refractivity contribution in [3.05, 3.63) is 34.6 Å². The van der Waals surface area contributed by atoms with E-state index in [1.165, 1.54) is 6.07 Å². The summed E-state index contributed by atoms with van der Waals surface area (Å²) in [5.74, 6) is -0.356. The molecule has 2 nitrogen and oxygen atoms in total. The molecule has 1 aromatic rings. The summed E-state index contributed by atoms with van der Waals surface area (Å²) in [5.41, 5.74) is 1.19. The third-order valence-corrected chi connectivity index (χ3v) is 4.01. The van der Waals surface area contributed by atoms with Crippen molar-refractivity contribution in [1.82, 2.24) is 5.32 Å². The van der Waals surface area contributed by atoms with Crippen LogP contribution in [0.15, 0.2) is 18.2 Å². The van der Waals surface area contributed by atoms with Crippen molar-refractivity contribution in [1.29, 1.82) is 0 Å². The van der Waals surface area contributed by atoms with Gasteiger partial charge in [-0.25, -0.2) is 4.39 Å². The van der Waals surface area contributed by atoms with Gasteiger partial charge in [0.15, 0.2) is 0 Å². The number of hydrogen-bond donors (Lipinski definition) is 1. The quantitative estimate of drug-likeness (QED) is 0.895. The smallest absolute Gasteiger partial charge is 0.141 e. The van der Waals surface area contributed by atoms with E-state index < -0.39 is 0 Å². The molecule has 1 aromatic carbocycles. The number of rotatable bonds is 5. The Balaban J connectivity index is 2.12. The first-order valence-electron chi connectivity index (χ1n) is 6.88. The Labute approximate surface area is 119 Å². The van der Waals surface area contributed by atoms with Gasteiger partial charge in [0.2, 0.25) is 0 Å². The monoisotopic (exact) mass is 285 g/mol. The predicted octanol–water partition coefficient (Wildman–Crippen LogP) is 3.43. The van der Waals surface area contributed by atoms with E-state index in [2.05, 4.69) is 12.2 Å². The third kappa shape index (κ3) is 3.91. The second-order valence-electron chi connectivity index (χ2n) is 5.36. The molecule has 0 aliphatic carbocycles. The van der Waals surface area contributed by atoms with Crippen LogP contribution in [0.3, 0.4) is 0 Å². The van der Waals surface area contributed by atoms with Crippen molar-refractivity contribution >= 4 is 11.6 Å². The van der Waals surface area contributed by atoms with Gasteiger partial charge in [-0.15, -0.1) is 0 Å². The van der Waals surface area contributed by atoms with Crippen molar-refractivity contribution < 1.29 is 9.13 Å². The van der Waals surface area contributed by atoms with Gasteiger partial charge in [-0.05, 0) is 43.5 Å². The lowest BCUT2D eigenvalue weighted by Gasteiger charge is -2.37. The van der Waals surface area contributed by atoms with Crippen molar-refractivity contribution in [2.24, 2.45) is 5.41 Å². The molecule has 19 heavy (non-hydrogen) atoms. The van der Waals surface area contributed by atoms with Crippen LogP contribution in [0.5, 0.6) is 0 Å². The summed E-state index contributed by atoms with van der Waals surface area (Å²) in [6, 6.07) is 5.00. The second-order valence-corrected chi connectivity index (χ2v) is 5.77. The van der Waals surface area contributed by atoms with Crippen LogP contribution >= 0.6 is 11.6 Å². The molecule has 0 aromatic heterocycles. The van der Waals surface area contributed by atoms with Gasteiger partial charge in [0.25, 0.3) is 0 Å². The average molecular weight is 286 g/mol. The van der Waals surface area contributed by atoms with Gasteiger partial charge >= 0.3 is 0 Å². The molecule has 1 aliphatic rings. The minimum Gasteiger partial charge on any atom is -0.381 e. The molecular weight excluding hydrogens is 265 g/mol. The van der Waals surface area contributed by atoms with Crippen molar-refractivity contribution in [2.75, 3.05) is 26.3 Å². The lowest BCUT2D eigenvalue weighted by atomic mass is 9.77. The highest BCUT2D eigenvalue weighted by molar-refractivity contribution is 6.30. The number of nitrogens with one attached hydrogen (secondary N) is 1. The van der Waals surface area contributed by atoms with Crippen LogP contribution in [0.1, 0.15) is 25.3 Å². The van der Waals surface area contributed by atoms with Crippen molar-refractivity contribution in [3.8, 4) is 0 Å². The molecule has 4 heteroatoms. The zero-order valence-corrected chi connectivity index (χ0v) is 12.1. The van der Waals surface area contributed by atoms with E-state index >= 15 is 0 Å². The van der Waals surface area contributed by atoms with Crippen LogP contribution < -0.4 is 5.32 Å². The summed E-state index contributed by atoms with van der Waals surface area (Å²) in [7, 11) is 0. The Bertz CT molecular complexity index is 419. The third-order valence-electron chi connectivity index (χ3n) is 3.72. The van der Waals surface area contributed by atoms with E-state index in [1.807, 2.05) is 6.07 Å². The fourth-order valence-electron chi connectivity index (χ4n) is 2.72. The molecule has 0 spiro atoms. The van der Waals surface area contributed by atoms with Crippen LogP contribution in [0.2, 0.25) is 5.02 Å². The van der Waals surface area contributed by atoms with E-state index in [9.17, 15) is 4.39 Å². The van der Waals surface area contributed by atoms with Crippen LogP contribution in [0, 0.1) is 11.2 Å². The maximum atomic E-state index is 13.2. The zero-order valence-electron chi connectivity index (χ0n) is 11.3. The van der Waals surface area contributed by atoms with Gasteiger partial charge in [-0.2, -0.15) is 0 Å². The summed E-state index contributed by atoms with van der Waals surface area (Å²) >= 11 is 5.86. The molecule has 1 saturated heterocycles. The van der Waals surface area contributed by atoms with Crippen LogP contribution in [0.4, 0.5) is 4.39 Å². The molecule has 2 rings (SSSR count). The second kappa shape index (κ2) is 6.69. The average Bonchev–Trinajstić information content (AvgIpc) is 2.42. The molecule has 0 saturated carbocycles. The van der Waals surface area contributed by atoms with E-state index in [0.29, 0.717) is 0 Å². The Morgan fingerprint density at radius 1 is 1.47 bits per heavy atom. The largest absolute Gasteiger partial charge is 0.381 e. The van der Waals surface area contributed by atoms with E-state index in [1.54, 1.807) is 6.07 Å². The maximum absolute atomic E-state index is 13.2. The normalized spacial score (nSPS) is 23.5. The van der Waals surface area contributed by atoms with Gasteiger partial charge in [-0.1, -0.05) is 24.6 Å². The number of benzene rings is 1. The molecule has 1 unspecified atom stereocenters. The highest BCUT2D eigenvalue weighted by Crippen LogP contribution is 2.33. The lowest BCUT2D eigenvalue weighted by molar-refractivity contribution is -0.00691. The fourth-order valence-corrected chi connectivity index (χ4v) is 2.93. The molecule has 1 N–H and O–H groups in total. The van der Waals surface area contributed by atoms with E-state index in [4.69, 9.17) is 16.3 Å². The summed E-state index contributed by atoms with van der Waals surface area (Å²) in [5, 5.41) is 3.62. The zero-order chi connectivity index (χ0) is 13.7. The molecule has 106 valence electrons. The van der Waals surface area contributed by atoms with Crippen LogP contribution in [0.25, 0.3) is 0 Å². The van der Waals surface area contributed by atoms with Crippen LogP contribution in [-0.2, 0) is 11.2 Å². The fraction of sp³-hybridized carbons (Fsp3) is 0.600. The minimum absolute atomic E-state index is 0.107. The summed E-state index contributed by atoms with van der Waals surface area (Å²) in [4.78, 5) is 0. The number of hydrogen-bond acceptors (Lipinski definition) is 2. The first-order valence-corrected chi connectivity index (χ1v) is 7.25. The lowest BCUT2D eigenvalue weighted by Crippen LogP contribution is -2.42. The minimum atomic E-state index is -0.356. The molecule has 1 aliphatic heterocycles. The Morgan fingerprint density at radius 2 is 2.32 bits per heavy atom. The summed E-state index contributed by atoms with van der Waals surface area (Å²) in [6.45, 7) is 5.59. The Morgan fingerprint density at radius 3 is 2.95 bits per heavy atom.